The highest BCUT2D eigenvalue weighted by atomic mass is 32.1. The van der Waals surface area contributed by atoms with Gasteiger partial charge in [-0.1, -0.05) is 12.1 Å². The Balaban J connectivity index is 1.92. The number of thiophene rings is 1. The number of hydrogen-bond donors (Lipinski definition) is 1. The predicted molar refractivity (Wildman–Crippen MR) is 86.9 cm³/mol. The molecular formula is C16H20N2O2S. The minimum atomic E-state index is 0.0353. The summed E-state index contributed by atoms with van der Waals surface area (Å²) < 4.78 is 6.47. The third-order valence-electron chi connectivity index (χ3n) is 4.08. The van der Waals surface area contributed by atoms with E-state index in [0.717, 1.165) is 29.5 Å². The molecule has 2 N–H and O–H groups in total. The number of benzene rings is 1. The van der Waals surface area contributed by atoms with Crippen LogP contribution in [-0.2, 0) is 4.74 Å². The van der Waals surface area contributed by atoms with E-state index in [1.165, 1.54) is 16.9 Å². The SMILES string of the molecule is COC1CCCN(C(=O)c2sc3cc(C)ccc3c2N)C1. The topological polar surface area (TPSA) is 55.6 Å². The van der Waals surface area contributed by atoms with Gasteiger partial charge in [0.1, 0.15) is 4.88 Å². The largest absolute Gasteiger partial charge is 0.397 e. The second-order valence-electron chi connectivity index (χ2n) is 5.60. The summed E-state index contributed by atoms with van der Waals surface area (Å²) in [5.41, 5.74) is 7.99. The van der Waals surface area contributed by atoms with Crippen molar-refractivity contribution in [1.82, 2.24) is 4.90 Å². The van der Waals surface area contributed by atoms with Crippen molar-refractivity contribution in [2.75, 3.05) is 25.9 Å². The van der Waals surface area contributed by atoms with Crippen molar-refractivity contribution >= 4 is 33.0 Å². The lowest BCUT2D eigenvalue weighted by atomic mass is 10.1. The first-order chi connectivity index (χ1) is 10.1. The Kier molecular flexibility index (Phi) is 3.87. The van der Waals surface area contributed by atoms with E-state index in [9.17, 15) is 4.79 Å². The molecule has 0 spiro atoms. The van der Waals surface area contributed by atoms with Gasteiger partial charge in [-0.15, -0.1) is 11.3 Å². The summed E-state index contributed by atoms with van der Waals surface area (Å²) in [5, 5.41) is 0.981. The molecule has 4 nitrogen and oxygen atoms in total. The number of likely N-dealkylation sites (tertiary alicyclic amines) is 1. The van der Waals surface area contributed by atoms with Crippen LogP contribution in [0.1, 0.15) is 28.1 Å². The third kappa shape index (κ3) is 2.63. The molecule has 1 aromatic heterocycles. The lowest BCUT2D eigenvalue weighted by molar-refractivity contribution is 0.0272. The molecule has 0 bridgehead atoms. The van der Waals surface area contributed by atoms with Crippen molar-refractivity contribution in [2.45, 2.75) is 25.9 Å². The molecule has 1 amide bonds. The fraction of sp³-hybridized carbons (Fsp3) is 0.438. The number of carbonyl (C=O) groups is 1. The average molecular weight is 304 g/mol. The van der Waals surface area contributed by atoms with Gasteiger partial charge < -0.3 is 15.4 Å². The Morgan fingerprint density at radius 3 is 3.05 bits per heavy atom. The molecule has 21 heavy (non-hydrogen) atoms. The van der Waals surface area contributed by atoms with E-state index in [1.807, 2.05) is 24.0 Å². The highest BCUT2D eigenvalue weighted by Gasteiger charge is 2.27. The van der Waals surface area contributed by atoms with Crippen molar-refractivity contribution in [3.63, 3.8) is 0 Å². The van der Waals surface area contributed by atoms with Crippen LogP contribution in [0.4, 0.5) is 5.69 Å². The molecule has 1 aromatic carbocycles. The molecule has 0 saturated carbocycles. The van der Waals surface area contributed by atoms with Gasteiger partial charge in [0.2, 0.25) is 0 Å². The molecule has 112 valence electrons. The van der Waals surface area contributed by atoms with Crippen molar-refractivity contribution in [3.05, 3.63) is 28.6 Å². The number of nitrogens with zero attached hydrogens (tertiary/aromatic N) is 1. The molecule has 5 heteroatoms. The summed E-state index contributed by atoms with van der Waals surface area (Å²) in [6, 6.07) is 6.12. The maximum absolute atomic E-state index is 12.7. The molecule has 1 saturated heterocycles. The van der Waals surface area contributed by atoms with Crippen LogP contribution in [0.25, 0.3) is 10.1 Å². The van der Waals surface area contributed by atoms with E-state index in [1.54, 1.807) is 7.11 Å². The number of anilines is 1. The zero-order valence-electron chi connectivity index (χ0n) is 12.4. The molecule has 2 aromatic rings. The molecular weight excluding hydrogens is 284 g/mol. The quantitative estimate of drug-likeness (QED) is 0.928. The number of rotatable bonds is 2. The number of nitrogen functional groups attached to an aromatic ring is 1. The number of carbonyl (C=O) groups excluding carboxylic acids is 1. The number of aryl methyl sites for hydroxylation is 1. The molecule has 3 rings (SSSR count). The summed E-state index contributed by atoms with van der Waals surface area (Å²) in [5.74, 6) is 0.0353. The van der Waals surface area contributed by atoms with Gasteiger partial charge >= 0.3 is 0 Å². The van der Waals surface area contributed by atoms with E-state index in [-0.39, 0.29) is 12.0 Å². The fourth-order valence-corrected chi connectivity index (χ4v) is 4.03. The Labute approximate surface area is 128 Å². The Hall–Kier alpha value is -1.59. The zero-order valence-corrected chi connectivity index (χ0v) is 13.2. The van der Waals surface area contributed by atoms with Gasteiger partial charge in [-0.2, -0.15) is 0 Å². The Morgan fingerprint density at radius 1 is 1.48 bits per heavy atom. The molecule has 0 aliphatic carbocycles. The minimum absolute atomic E-state index is 0.0353. The standard InChI is InChI=1S/C16H20N2O2S/c1-10-5-6-12-13(8-10)21-15(14(12)17)16(19)18-7-3-4-11(9-18)20-2/h5-6,8,11H,3-4,7,9,17H2,1-2H3. The van der Waals surface area contributed by atoms with Gasteiger partial charge in [0.15, 0.2) is 0 Å². The van der Waals surface area contributed by atoms with Crippen LogP contribution in [0.2, 0.25) is 0 Å². The molecule has 0 radical (unpaired) electrons. The first kappa shape index (κ1) is 14.4. The van der Waals surface area contributed by atoms with Crippen molar-refractivity contribution in [1.29, 1.82) is 0 Å². The maximum Gasteiger partial charge on any atom is 0.266 e. The van der Waals surface area contributed by atoms with Gasteiger partial charge in [0, 0.05) is 30.3 Å². The van der Waals surface area contributed by atoms with E-state index in [0.29, 0.717) is 17.1 Å². The van der Waals surface area contributed by atoms with Crippen LogP contribution in [-0.4, -0.2) is 37.1 Å². The minimum Gasteiger partial charge on any atom is -0.397 e. The average Bonchev–Trinajstić information content (AvgIpc) is 2.83. The summed E-state index contributed by atoms with van der Waals surface area (Å²) in [4.78, 5) is 15.3. The second-order valence-corrected chi connectivity index (χ2v) is 6.65. The molecule has 2 heterocycles. The van der Waals surface area contributed by atoms with Gasteiger partial charge in [-0.05, 0) is 31.4 Å². The van der Waals surface area contributed by atoms with Crippen molar-refractivity contribution in [3.8, 4) is 0 Å². The third-order valence-corrected chi connectivity index (χ3v) is 5.23. The van der Waals surface area contributed by atoms with E-state index in [2.05, 4.69) is 6.07 Å². The lowest BCUT2D eigenvalue weighted by Gasteiger charge is -2.31. The zero-order chi connectivity index (χ0) is 15.0. The van der Waals surface area contributed by atoms with E-state index >= 15 is 0 Å². The van der Waals surface area contributed by atoms with Crippen molar-refractivity contribution in [2.24, 2.45) is 0 Å². The summed E-state index contributed by atoms with van der Waals surface area (Å²) in [6.07, 6.45) is 2.13. The fourth-order valence-electron chi connectivity index (χ4n) is 2.84. The van der Waals surface area contributed by atoms with E-state index < -0.39 is 0 Å². The van der Waals surface area contributed by atoms with Crippen molar-refractivity contribution < 1.29 is 9.53 Å². The Morgan fingerprint density at radius 2 is 2.29 bits per heavy atom. The highest BCUT2D eigenvalue weighted by molar-refractivity contribution is 7.21. The Bertz CT molecular complexity index is 680. The summed E-state index contributed by atoms with van der Waals surface area (Å²) in [6.45, 7) is 3.48. The number of methoxy groups -OCH3 is 1. The van der Waals surface area contributed by atoms with Crippen LogP contribution in [0, 0.1) is 6.92 Å². The number of fused-ring (bicyclic) bond motifs is 1. The maximum atomic E-state index is 12.7. The van der Waals surface area contributed by atoms with Crippen LogP contribution in [0.3, 0.4) is 0 Å². The number of piperidine rings is 1. The summed E-state index contributed by atoms with van der Waals surface area (Å²) in [7, 11) is 1.70. The lowest BCUT2D eigenvalue weighted by Crippen LogP contribution is -2.42. The monoisotopic (exact) mass is 304 g/mol. The number of hydrogen-bond acceptors (Lipinski definition) is 4. The number of ether oxygens (including phenoxy) is 1. The molecule has 1 atom stereocenters. The van der Waals surface area contributed by atoms with Gasteiger partial charge in [0.25, 0.3) is 5.91 Å². The van der Waals surface area contributed by atoms with E-state index in [4.69, 9.17) is 10.5 Å². The smallest absolute Gasteiger partial charge is 0.266 e. The van der Waals surface area contributed by atoms with Crippen LogP contribution in [0.15, 0.2) is 18.2 Å². The first-order valence-corrected chi connectivity index (χ1v) is 8.02. The first-order valence-electron chi connectivity index (χ1n) is 7.21. The number of amides is 1. The predicted octanol–water partition coefficient (Wildman–Crippen LogP) is 3.04. The molecule has 1 fully saturated rings. The molecule has 1 unspecified atom stereocenters. The number of nitrogens with two attached hydrogens (primary N) is 1. The summed E-state index contributed by atoms with van der Waals surface area (Å²) >= 11 is 1.49. The van der Waals surface area contributed by atoms with Gasteiger partial charge in [0.05, 0.1) is 11.8 Å². The molecule has 1 aliphatic heterocycles. The van der Waals surface area contributed by atoms with Gasteiger partial charge in [-0.25, -0.2) is 0 Å². The van der Waals surface area contributed by atoms with Gasteiger partial charge in [-0.3, -0.25) is 4.79 Å². The van der Waals surface area contributed by atoms with Crippen LogP contribution in [0.5, 0.6) is 0 Å². The molecule has 1 aliphatic rings. The van der Waals surface area contributed by atoms with Crippen LogP contribution >= 0.6 is 11.3 Å². The second kappa shape index (κ2) is 5.66. The normalized spacial score (nSPS) is 19.1. The van der Waals surface area contributed by atoms with Crippen LogP contribution < -0.4 is 5.73 Å². The highest BCUT2D eigenvalue weighted by Crippen LogP contribution is 2.35.